The van der Waals surface area contributed by atoms with Crippen molar-refractivity contribution in [3.63, 3.8) is 0 Å². The number of carbonyl (C=O) groups is 1. The monoisotopic (exact) mass is 367 g/mol. The fourth-order valence-electron chi connectivity index (χ4n) is 3.50. The molecule has 0 spiro atoms. The molecule has 0 radical (unpaired) electrons. The number of rotatable bonds is 4. The molecule has 0 aromatic carbocycles. The predicted molar refractivity (Wildman–Crippen MR) is 95.2 cm³/mol. The molecule has 8 nitrogen and oxygen atoms in total. The lowest BCUT2D eigenvalue weighted by molar-refractivity contribution is -0.133. The second kappa shape index (κ2) is 6.87. The molecular formula is C16H25N5O3S. The van der Waals surface area contributed by atoms with Crippen molar-refractivity contribution in [2.75, 3.05) is 50.6 Å². The van der Waals surface area contributed by atoms with Gasteiger partial charge in [-0.1, -0.05) is 0 Å². The molecule has 1 atom stereocenters. The predicted octanol–water partition coefficient (Wildman–Crippen LogP) is -0.454. The molecule has 0 unspecified atom stereocenters. The highest BCUT2D eigenvalue weighted by atomic mass is 32.2. The average molecular weight is 367 g/mol. The molecule has 25 heavy (non-hydrogen) atoms. The maximum atomic E-state index is 12.6. The molecule has 0 saturated carbocycles. The number of fused-ring (bicyclic) bond motifs is 1. The fourth-order valence-corrected chi connectivity index (χ4v) is 5.31. The van der Waals surface area contributed by atoms with E-state index in [-0.39, 0.29) is 30.0 Å². The molecule has 1 aromatic heterocycles. The molecule has 9 heteroatoms. The zero-order valence-electron chi connectivity index (χ0n) is 15.0. The fraction of sp³-hybridized carbons (Fsp3) is 0.688. The van der Waals surface area contributed by atoms with Crippen molar-refractivity contribution in [2.45, 2.75) is 25.4 Å². The van der Waals surface area contributed by atoms with Gasteiger partial charge in [-0.05, 0) is 19.9 Å². The lowest BCUT2D eigenvalue weighted by Crippen LogP contribution is -2.45. The van der Waals surface area contributed by atoms with Gasteiger partial charge in [-0.3, -0.25) is 9.69 Å². The summed E-state index contributed by atoms with van der Waals surface area (Å²) < 4.78 is 23.2. The van der Waals surface area contributed by atoms with Crippen LogP contribution in [0.1, 0.15) is 17.7 Å². The Bertz CT molecular complexity index is 765. The van der Waals surface area contributed by atoms with Crippen LogP contribution in [0, 0.1) is 0 Å². The quantitative estimate of drug-likeness (QED) is 0.712. The zero-order valence-corrected chi connectivity index (χ0v) is 15.8. The number of likely N-dealkylation sites (N-methyl/N-ethyl adjacent to an activating group) is 1. The summed E-state index contributed by atoms with van der Waals surface area (Å²) in [5, 5.41) is 0. The molecule has 0 N–H and O–H groups in total. The molecule has 0 aliphatic carbocycles. The van der Waals surface area contributed by atoms with Crippen molar-refractivity contribution in [3.8, 4) is 0 Å². The van der Waals surface area contributed by atoms with E-state index < -0.39 is 9.84 Å². The summed E-state index contributed by atoms with van der Waals surface area (Å²) in [6, 6.07) is -0.0614. The van der Waals surface area contributed by atoms with E-state index in [1.165, 1.54) is 6.33 Å². The van der Waals surface area contributed by atoms with Gasteiger partial charge in [-0.25, -0.2) is 18.4 Å². The third-order valence-corrected chi connectivity index (χ3v) is 6.73. The standard InChI is InChI=1S/C16H25N5O3S/c1-19(2)16-13-4-6-21(8-14(13)17-11-18-16)15(22)9-20(3)12-5-7-25(23,24)10-12/h11-12H,4-10H2,1-3H3/t12-/m1/s1. The summed E-state index contributed by atoms with van der Waals surface area (Å²) in [5.74, 6) is 1.30. The van der Waals surface area contributed by atoms with Crippen LogP contribution in [0.2, 0.25) is 0 Å². The molecule has 2 aliphatic heterocycles. The van der Waals surface area contributed by atoms with Gasteiger partial charge in [0.2, 0.25) is 5.91 Å². The van der Waals surface area contributed by atoms with Gasteiger partial charge in [-0.2, -0.15) is 0 Å². The van der Waals surface area contributed by atoms with Crippen LogP contribution in [-0.4, -0.2) is 85.9 Å². The minimum absolute atomic E-state index is 0.0162. The van der Waals surface area contributed by atoms with Crippen molar-refractivity contribution in [1.82, 2.24) is 19.8 Å². The third kappa shape index (κ3) is 3.92. The van der Waals surface area contributed by atoms with E-state index in [2.05, 4.69) is 9.97 Å². The van der Waals surface area contributed by atoms with Crippen molar-refractivity contribution in [2.24, 2.45) is 0 Å². The van der Waals surface area contributed by atoms with Crippen LogP contribution in [0.4, 0.5) is 5.82 Å². The largest absolute Gasteiger partial charge is 0.362 e. The highest BCUT2D eigenvalue weighted by Crippen LogP contribution is 2.24. The summed E-state index contributed by atoms with van der Waals surface area (Å²) in [4.78, 5) is 26.9. The number of amides is 1. The lowest BCUT2D eigenvalue weighted by atomic mass is 10.1. The molecule has 3 rings (SSSR count). The van der Waals surface area contributed by atoms with Crippen LogP contribution in [0.3, 0.4) is 0 Å². The van der Waals surface area contributed by atoms with E-state index in [1.54, 1.807) is 4.90 Å². The summed E-state index contributed by atoms with van der Waals surface area (Å²) in [5.41, 5.74) is 2.00. The van der Waals surface area contributed by atoms with Gasteiger partial charge in [-0.15, -0.1) is 0 Å². The molecule has 2 aliphatic rings. The van der Waals surface area contributed by atoms with Crippen LogP contribution < -0.4 is 4.90 Å². The summed E-state index contributed by atoms with van der Waals surface area (Å²) >= 11 is 0. The summed E-state index contributed by atoms with van der Waals surface area (Å²) in [6.07, 6.45) is 2.88. The Kier molecular flexibility index (Phi) is 4.97. The average Bonchev–Trinajstić information content (AvgIpc) is 2.93. The van der Waals surface area contributed by atoms with Crippen molar-refractivity contribution in [1.29, 1.82) is 0 Å². The smallest absolute Gasteiger partial charge is 0.237 e. The van der Waals surface area contributed by atoms with Crippen LogP contribution in [-0.2, 0) is 27.6 Å². The number of hydrogen-bond donors (Lipinski definition) is 0. The Morgan fingerprint density at radius 2 is 2.08 bits per heavy atom. The first-order chi connectivity index (χ1) is 11.8. The van der Waals surface area contributed by atoms with Crippen molar-refractivity contribution in [3.05, 3.63) is 17.6 Å². The van der Waals surface area contributed by atoms with Gasteiger partial charge in [0, 0.05) is 32.2 Å². The Morgan fingerprint density at radius 1 is 1.32 bits per heavy atom. The Balaban J connectivity index is 1.64. The van der Waals surface area contributed by atoms with E-state index in [0.717, 1.165) is 23.5 Å². The first-order valence-corrected chi connectivity index (χ1v) is 10.3. The van der Waals surface area contributed by atoms with Gasteiger partial charge in [0.05, 0.1) is 30.3 Å². The minimum atomic E-state index is -2.94. The molecule has 1 saturated heterocycles. The van der Waals surface area contributed by atoms with Gasteiger partial charge < -0.3 is 9.80 Å². The number of anilines is 1. The van der Waals surface area contributed by atoms with Gasteiger partial charge in [0.15, 0.2) is 9.84 Å². The second-order valence-corrected chi connectivity index (χ2v) is 9.28. The third-order valence-electron chi connectivity index (χ3n) is 4.98. The highest BCUT2D eigenvalue weighted by molar-refractivity contribution is 7.91. The molecule has 138 valence electrons. The minimum Gasteiger partial charge on any atom is -0.362 e. The molecule has 1 aromatic rings. The van der Waals surface area contributed by atoms with Gasteiger partial charge in [0.1, 0.15) is 12.1 Å². The Labute approximate surface area is 148 Å². The van der Waals surface area contributed by atoms with E-state index in [0.29, 0.717) is 19.5 Å². The first kappa shape index (κ1) is 18.1. The van der Waals surface area contributed by atoms with Crippen LogP contribution in [0.25, 0.3) is 0 Å². The van der Waals surface area contributed by atoms with E-state index in [4.69, 9.17) is 0 Å². The normalized spacial score (nSPS) is 22.1. The summed E-state index contributed by atoms with van der Waals surface area (Å²) in [7, 11) is 2.78. The molecule has 1 fully saturated rings. The SMILES string of the molecule is CN(C)c1ncnc2c1CCN(C(=O)CN(C)[C@@H]1CCS(=O)(=O)C1)C2. The van der Waals surface area contributed by atoms with E-state index in [9.17, 15) is 13.2 Å². The van der Waals surface area contributed by atoms with Gasteiger partial charge >= 0.3 is 0 Å². The second-order valence-electron chi connectivity index (χ2n) is 7.05. The molecule has 1 amide bonds. The molecular weight excluding hydrogens is 342 g/mol. The van der Waals surface area contributed by atoms with Crippen LogP contribution in [0.5, 0.6) is 0 Å². The zero-order chi connectivity index (χ0) is 18.2. The molecule has 3 heterocycles. The maximum Gasteiger partial charge on any atom is 0.237 e. The number of sulfone groups is 1. The number of hydrogen-bond acceptors (Lipinski definition) is 7. The Morgan fingerprint density at radius 3 is 2.72 bits per heavy atom. The number of carbonyl (C=O) groups excluding carboxylic acids is 1. The topological polar surface area (TPSA) is 86.7 Å². The van der Waals surface area contributed by atoms with Gasteiger partial charge in [0.25, 0.3) is 0 Å². The van der Waals surface area contributed by atoms with Crippen molar-refractivity contribution >= 4 is 21.6 Å². The highest BCUT2D eigenvalue weighted by Gasteiger charge is 2.32. The summed E-state index contributed by atoms with van der Waals surface area (Å²) in [6.45, 7) is 1.35. The lowest BCUT2D eigenvalue weighted by Gasteiger charge is -2.32. The van der Waals surface area contributed by atoms with Crippen molar-refractivity contribution < 1.29 is 13.2 Å². The van der Waals surface area contributed by atoms with Crippen LogP contribution >= 0.6 is 0 Å². The first-order valence-electron chi connectivity index (χ1n) is 8.45. The van der Waals surface area contributed by atoms with E-state index in [1.807, 2.05) is 30.9 Å². The molecule has 0 bridgehead atoms. The van der Waals surface area contributed by atoms with Crippen LogP contribution in [0.15, 0.2) is 6.33 Å². The maximum absolute atomic E-state index is 12.6. The van der Waals surface area contributed by atoms with E-state index >= 15 is 0 Å². The Hall–Kier alpha value is -1.74. The number of nitrogens with zero attached hydrogens (tertiary/aromatic N) is 5. The number of aromatic nitrogens is 2.